The highest BCUT2D eigenvalue weighted by atomic mass is 16.5. The molecule has 1 atom stereocenters. The van der Waals surface area contributed by atoms with Gasteiger partial charge in [-0.3, -0.25) is 4.79 Å². The van der Waals surface area contributed by atoms with E-state index in [0.717, 1.165) is 11.3 Å². The Morgan fingerprint density at radius 1 is 1.08 bits per heavy atom. The van der Waals surface area contributed by atoms with Gasteiger partial charge in [-0.2, -0.15) is 5.10 Å². The Kier molecular flexibility index (Phi) is 4.95. The molecule has 0 N–H and O–H groups in total. The van der Waals surface area contributed by atoms with Crippen LogP contribution in [0.3, 0.4) is 0 Å². The molecule has 0 radical (unpaired) electrons. The van der Waals surface area contributed by atoms with E-state index in [4.69, 9.17) is 9.47 Å². The molecule has 1 unspecified atom stereocenters. The molecule has 0 bridgehead atoms. The summed E-state index contributed by atoms with van der Waals surface area (Å²) in [6.45, 7) is 5.39. The summed E-state index contributed by atoms with van der Waals surface area (Å²) in [7, 11) is 0. The van der Waals surface area contributed by atoms with Gasteiger partial charge < -0.3 is 9.47 Å². The number of hydrogen-bond donors (Lipinski definition) is 0. The Balaban J connectivity index is 1.89. The van der Waals surface area contributed by atoms with Crippen LogP contribution in [0.2, 0.25) is 0 Å². The number of benzene rings is 2. The van der Waals surface area contributed by atoms with E-state index in [9.17, 15) is 4.79 Å². The summed E-state index contributed by atoms with van der Waals surface area (Å²) in [6.07, 6.45) is 2.74. The van der Waals surface area contributed by atoms with Crippen molar-refractivity contribution in [1.29, 1.82) is 0 Å². The lowest BCUT2D eigenvalue weighted by molar-refractivity contribution is -0.144. The van der Waals surface area contributed by atoms with Crippen LogP contribution in [0.5, 0.6) is 11.5 Å². The van der Waals surface area contributed by atoms with Gasteiger partial charge >= 0.3 is 5.97 Å². The fraction of sp³-hybridized carbons (Fsp3) is 0.100. The molecule has 1 aromatic heterocycles. The van der Waals surface area contributed by atoms with E-state index >= 15 is 0 Å². The third-order valence-corrected chi connectivity index (χ3v) is 3.52. The minimum absolute atomic E-state index is 0.396. The smallest absolute Gasteiger partial charge is 0.303 e. The number of esters is 1. The maximum Gasteiger partial charge on any atom is 0.303 e. The van der Waals surface area contributed by atoms with Crippen molar-refractivity contribution < 1.29 is 14.3 Å². The van der Waals surface area contributed by atoms with E-state index in [1.54, 1.807) is 23.1 Å². The highest BCUT2D eigenvalue weighted by molar-refractivity contribution is 5.68. The molecule has 3 rings (SSSR count). The second kappa shape index (κ2) is 7.49. The number of ether oxygens (including phenoxy) is 2. The zero-order valence-electron chi connectivity index (χ0n) is 13.8. The van der Waals surface area contributed by atoms with Gasteiger partial charge in [0.25, 0.3) is 0 Å². The van der Waals surface area contributed by atoms with Crippen LogP contribution in [0, 0.1) is 0 Å². The molecule has 0 saturated carbocycles. The standard InChI is InChI=1S/C20H18N2O3/c1-15(22-13-7-12-21-22)20(24-16(2)23)17-8-6-11-19(14-17)25-18-9-4-3-5-10-18/h3-14,20H,1H2,2H3. The van der Waals surface area contributed by atoms with Crippen LogP contribution in [-0.4, -0.2) is 15.7 Å². The quantitative estimate of drug-likeness (QED) is 0.625. The molecule has 126 valence electrons. The van der Waals surface area contributed by atoms with Gasteiger partial charge in [0.15, 0.2) is 6.10 Å². The number of rotatable bonds is 6. The summed E-state index contributed by atoms with van der Waals surface area (Å²) in [4.78, 5) is 11.6. The predicted octanol–water partition coefficient (Wildman–Crippen LogP) is 4.45. The first-order chi connectivity index (χ1) is 12.1. The van der Waals surface area contributed by atoms with Gasteiger partial charge in [0, 0.05) is 24.9 Å². The number of para-hydroxylation sites is 1. The van der Waals surface area contributed by atoms with E-state index < -0.39 is 12.1 Å². The zero-order valence-corrected chi connectivity index (χ0v) is 13.8. The van der Waals surface area contributed by atoms with Crippen LogP contribution < -0.4 is 4.74 Å². The summed E-state index contributed by atoms with van der Waals surface area (Å²) in [6, 6.07) is 18.6. The SMILES string of the molecule is C=C(C(OC(C)=O)c1cccc(Oc2ccccc2)c1)n1cccn1. The highest BCUT2D eigenvalue weighted by Gasteiger charge is 2.21. The van der Waals surface area contributed by atoms with Crippen molar-refractivity contribution in [1.82, 2.24) is 9.78 Å². The molecule has 3 aromatic rings. The third-order valence-electron chi connectivity index (χ3n) is 3.52. The molecule has 0 aliphatic heterocycles. The van der Waals surface area contributed by atoms with Crippen molar-refractivity contribution in [2.24, 2.45) is 0 Å². The van der Waals surface area contributed by atoms with Crippen LogP contribution in [0.1, 0.15) is 18.6 Å². The second-order valence-electron chi connectivity index (χ2n) is 5.42. The Labute approximate surface area is 146 Å². The maximum atomic E-state index is 11.6. The number of hydrogen-bond acceptors (Lipinski definition) is 4. The van der Waals surface area contributed by atoms with E-state index in [1.165, 1.54) is 6.92 Å². The lowest BCUT2D eigenvalue weighted by Crippen LogP contribution is -2.14. The van der Waals surface area contributed by atoms with E-state index in [0.29, 0.717) is 11.4 Å². The average Bonchev–Trinajstić information content (AvgIpc) is 3.15. The summed E-state index contributed by atoms with van der Waals surface area (Å²) in [5.41, 5.74) is 1.29. The van der Waals surface area contributed by atoms with Crippen molar-refractivity contribution in [3.63, 3.8) is 0 Å². The summed E-state index contributed by atoms with van der Waals surface area (Å²) in [5, 5.41) is 4.15. The van der Waals surface area contributed by atoms with E-state index in [2.05, 4.69) is 11.7 Å². The Morgan fingerprint density at radius 3 is 2.52 bits per heavy atom. The minimum Gasteiger partial charge on any atom is -0.457 e. The van der Waals surface area contributed by atoms with Crippen LogP contribution in [-0.2, 0) is 9.53 Å². The minimum atomic E-state index is -0.656. The van der Waals surface area contributed by atoms with Gasteiger partial charge in [0.1, 0.15) is 11.5 Å². The highest BCUT2D eigenvalue weighted by Crippen LogP contribution is 2.31. The predicted molar refractivity (Wildman–Crippen MR) is 95.0 cm³/mol. The van der Waals surface area contributed by atoms with Crippen LogP contribution in [0.15, 0.2) is 79.6 Å². The first-order valence-electron chi connectivity index (χ1n) is 7.82. The Morgan fingerprint density at radius 2 is 1.84 bits per heavy atom. The van der Waals surface area contributed by atoms with Crippen molar-refractivity contribution in [2.45, 2.75) is 13.0 Å². The molecule has 0 saturated heterocycles. The lowest BCUT2D eigenvalue weighted by atomic mass is 10.1. The number of nitrogens with zero attached hydrogens (tertiary/aromatic N) is 2. The molecule has 0 aliphatic carbocycles. The number of aromatic nitrogens is 2. The molecule has 2 aromatic carbocycles. The largest absolute Gasteiger partial charge is 0.457 e. The summed E-state index contributed by atoms with van der Waals surface area (Å²) < 4.78 is 12.9. The Bertz CT molecular complexity index is 858. The molecule has 0 amide bonds. The van der Waals surface area contributed by atoms with E-state index in [-0.39, 0.29) is 0 Å². The van der Waals surface area contributed by atoms with Gasteiger partial charge in [0.05, 0.1) is 5.70 Å². The Hall–Kier alpha value is -3.34. The van der Waals surface area contributed by atoms with Crippen molar-refractivity contribution >= 4 is 11.7 Å². The van der Waals surface area contributed by atoms with Gasteiger partial charge in [0.2, 0.25) is 0 Å². The zero-order chi connectivity index (χ0) is 17.6. The van der Waals surface area contributed by atoms with E-state index in [1.807, 2.05) is 54.6 Å². The first kappa shape index (κ1) is 16.5. The molecular weight excluding hydrogens is 316 g/mol. The van der Waals surface area contributed by atoms with Crippen molar-refractivity contribution in [2.75, 3.05) is 0 Å². The van der Waals surface area contributed by atoms with Crippen LogP contribution >= 0.6 is 0 Å². The number of carbonyl (C=O) groups excluding carboxylic acids is 1. The van der Waals surface area contributed by atoms with Gasteiger partial charge in [-0.25, -0.2) is 4.68 Å². The average molecular weight is 334 g/mol. The van der Waals surface area contributed by atoms with Crippen molar-refractivity contribution in [3.8, 4) is 11.5 Å². The topological polar surface area (TPSA) is 53.4 Å². The fourth-order valence-electron chi connectivity index (χ4n) is 2.42. The van der Waals surface area contributed by atoms with Gasteiger partial charge in [-0.1, -0.05) is 36.9 Å². The van der Waals surface area contributed by atoms with Crippen molar-refractivity contribution in [3.05, 3.63) is 85.2 Å². The molecule has 5 nitrogen and oxygen atoms in total. The van der Waals surface area contributed by atoms with Crippen LogP contribution in [0.25, 0.3) is 5.70 Å². The number of carbonyl (C=O) groups is 1. The molecular formula is C20H18N2O3. The molecule has 1 heterocycles. The molecule has 5 heteroatoms. The molecule has 0 spiro atoms. The normalized spacial score (nSPS) is 11.6. The maximum absolute atomic E-state index is 11.6. The summed E-state index contributed by atoms with van der Waals surface area (Å²) >= 11 is 0. The van der Waals surface area contributed by atoms with Crippen LogP contribution in [0.4, 0.5) is 0 Å². The van der Waals surface area contributed by atoms with Gasteiger partial charge in [-0.05, 0) is 30.3 Å². The summed E-state index contributed by atoms with van der Waals surface area (Å²) in [5.74, 6) is 0.983. The molecule has 0 fully saturated rings. The second-order valence-corrected chi connectivity index (χ2v) is 5.42. The van der Waals surface area contributed by atoms with Gasteiger partial charge in [-0.15, -0.1) is 0 Å². The fourth-order valence-corrected chi connectivity index (χ4v) is 2.42. The lowest BCUT2D eigenvalue weighted by Gasteiger charge is -2.20. The monoisotopic (exact) mass is 334 g/mol. The molecule has 0 aliphatic rings. The first-order valence-corrected chi connectivity index (χ1v) is 7.82. The third kappa shape index (κ3) is 4.14. The molecule has 25 heavy (non-hydrogen) atoms.